The molecule has 0 radical (unpaired) electrons. The summed E-state index contributed by atoms with van der Waals surface area (Å²) in [4.78, 5) is 10.6. The van der Waals surface area contributed by atoms with E-state index in [1.165, 1.54) is 6.07 Å². The lowest BCUT2D eigenvalue weighted by atomic mass is 10.1. The van der Waals surface area contributed by atoms with Crippen LogP contribution in [0, 0.1) is 10.1 Å². The molecule has 1 aromatic carbocycles. The quantitative estimate of drug-likeness (QED) is 0.639. The molecule has 20 heavy (non-hydrogen) atoms. The molecule has 0 aliphatic rings. The van der Waals surface area contributed by atoms with Crippen molar-refractivity contribution in [1.29, 1.82) is 0 Å². The smallest absolute Gasteiger partial charge is 0.272 e. The summed E-state index contributed by atoms with van der Waals surface area (Å²) < 4.78 is 1.85. The van der Waals surface area contributed by atoms with Crippen molar-refractivity contribution in [1.82, 2.24) is 20.1 Å². The van der Waals surface area contributed by atoms with Crippen LogP contribution in [0.5, 0.6) is 0 Å². The van der Waals surface area contributed by atoms with Crippen molar-refractivity contribution in [2.24, 2.45) is 7.05 Å². The fourth-order valence-electron chi connectivity index (χ4n) is 2.10. The predicted molar refractivity (Wildman–Crippen MR) is 74.2 cm³/mol. The molecule has 1 heterocycles. The average Bonchev–Trinajstić information content (AvgIpc) is 2.85. The van der Waals surface area contributed by atoms with Crippen LogP contribution in [0.1, 0.15) is 24.4 Å². The second kappa shape index (κ2) is 6.25. The lowest BCUT2D eigenvalue weighted by Gasteiger charge is -2.12. The molecule has 1 unspecified atom stereocenters. The minimum Gasteiger partial charge on any atom is -0.319 e. The Hall–Kier alpha value is -2.28. The van der Waals surface area contributed by atoms with E-state index < -0.39 is 0 Å². The molecule has 0 saturated heterocycles. The molecule has 1 aromatic heterocycles. The first kappa shape index (κ1) is 14.1. The molecular formula is C13H17N5O2. The average molecular weight is 275 g/mol. The van der Waals surface area contributed by atoms with Crippen LogP contribution in [-0.4, -0.2) is 26.2 Å². The molecule has 0 fully saturated rings. The summed E-state index contributed by atoms with van der Waals surface area (Å²) in [5.74, 6) is 0.840. The maximum atomic E-state index is 10.9. The number of rotatable bonds is 6. The highest BCUT2D eigenvalue weighted by molar-refractivity contribution is 5.39. The Balaban J connectivity index is 1.94. The van der Waals surface area contributed by atoms with Crippen molar-refractivity contribution in [2.75, 3.05) is 6.54 Å². The molecule has 0 amide bonds. The number of hydrogen-bond donors (Lipinski definition) is 1. The van der Waals surface area contributed by atoms with E-state index in [4.69, 9.17) is 0 Å². The molecule has 0 aliphatic heterocycles. The lowest BCUT2D eigenvalue weighted by Crippen LogP contribution is -2.24. The molecule has 0 aliphatic carbocycles. The zero-order valence-electron chi connectivity index (χ0n) is 11.5. The first-order chi connectivity index (χ1) is 9.59. The number of aryl methyl sites for hydroxylation is 1. The van der Waals surface area contributed by atoms with E-state index in [1.54, 1.807) is 18.5 Å². The van der Waals surface area contributed by atoms with Gasteiger partial charge in [-0.1, -0.05) is 18.2 Å². The van der Waals surface area contributed by atoms with E-state index in [0.717, 1.165) is 11.4 Å². The van der Waals surface area contributed by atoms with Gasteiger partial charge in [-0.05, 0) is 13.3 Å². The molecule has 0 spiro atoms. The van der Waals surface area contributed by atoms with Crippen molar-refractivity contribution in [3.05, 3.63) is 52.1 Å². The third-order valence-electron chi connectivity index (χ3n) is 3.17. The van der Waals surface area contributed by atoms with Gasteiger partial charge in [0.15, 0.2) is 0 Å². The van der Waals surface area contributed by atoms with Gasteiger partial charge in [0, 0.05) is 25.2 Å². The van der Waals surface area contributed by atoms with Crippen molar-refractivity contribution in [2.45, 2.75) is 19.4 Å². The van der Waals surface area contributed by atoms with Gasteiger partial charge in [0.05, 0.1) is 11.0 Å². The van der Waals surface area contributed by atoms with Crippen LogP contribution in [0.15, 0.2) is 30.6 Å². The summed E-state index contributed by atoms with van der Waals surface area (Å²) >= 11 is 0. The predicted octanol–water partition coefficient (Wildman–Crippen LogP) is 1.62. The van der Waals surface area contributed by atoms with Gasteiger partial charge in [-0.2, -0.15) is 0 Å². The summed E-state index contributed by atoms with van der Waals surface area (Å²) in [7, 11) is 1.88. The Bertz CT molecular complexity index is 596. The fourth-order valence-corrected chi connectivity index (χ4v) is 2.10. The monoisotopic (exact) mass is 275 g/mol. The Morgan fingerprint density at radius 1 is 1.45 bits per heavy atom. The van der Waals surface area contributed by atoms with Gasteiger partial charge in [0.1, 0.15) is 12.2 Å². The van der Waals surface area contributed by atoms with Crippen LogP contribution in [0.4, 0.5) is 5.69 Å². The van der Waals surface area contributed by atoms with Crippen LogP contribution in [0.25, 0.3) is 0 Å². The van der Waals surface area contributed by atoms with E-state index in [1.807, 2.05) is 24.6 Å². The fraction of sp³-hybridized carbons (Fsp3) is 0.385. The molecule has 7 nitrogen and oxygen atoms in total. The molecule has 0 saturated carbocycles. The topological polar surface area (TPSA) is 85.9 Å². The van der Waals surface area contributed by atoms with Gasteiger partial charge < -0.3 is 9.88 Å². The van der Waals surface area contributed by atoms with Gasteiger partial charge in [0.2, 0.25) is 0 Å². The molecule has 2 rings (SSSR count). The Kier molecular flexibility index (Phi) is 4.41. The van der Waals surface area contributed by atoms with Crippen molar-refractivity contribution >= 4 is 5.69 Å². The Morgan fingerprint density at radius 2 is 2.20 bits per heavy atom. The maximum Gasteiger partial charge on any atom is 0.272 e. The minimum atomic E-state index is -0.346. The van der Waals surface area contributed by atoms with Gasteiger partial charge >= 0.3 is 0 Å². The summed E-state index contributed by atoms with van der Waals surface area (Å²) in [6, 6.07) is 6.85. The molecule has 106 valence electrons. The summed E-state index contributed by atoms with van der Waals surface area (Å²) in [5.41, 5.74) is 0.899. The summed E-state index contributed by atoms with van der Waals surface area (Å²) in [5, 5.41) is 22.1. The normalized spacial score (nSPS) is 12.3. The first-order valence-corrected chi connectivity index (χ1v) is 6.39. The van der Waals surface area contributed by atoms with Crippen molar-refractivity contribution < 1.29 is 4.92 Å². The number of nitro groups is 1. The van der Waals surface area contributed by atoms with Crippen LogP contribution in [0.2, 0.25) is 0 Å². The summed E-state index contributed by atoms with van der Waals surface area (Å²) in [6.07, 6.45) is 2.24. The lowest BCUT2D eigenvalue weighted by molar-refractivity contribution is -0.385. The molecule has 1 atom stereocenters. The van der Waals surface area contributed by atoms with E-state index >= 15 is 0 Å². The van der Waals surface area contributed by atoms with E-state index in [2.05, 4.69) is 15.5 Å². The zero-order chi connectivity index (χ0) is 14.5. The minimum absolute atomic E-state index is 0.0465. The van der Waals surface area contributed by atoms with Crippen LogP contribution < -0.4 is 5.32 Å². The molecule has 0 bridgehead atoms. The largest absolute Gasteiger partial charge is 0.319 e. The van der Waals surface area contributed by atoms with Crippen LogP contribution in [-0.2, 0) is 13.5 Å². The highest BCUT2D eigenvalue weighted by atomic mass is 16.6. The molecule has 7 heteroatoms. The van der Waals surface area contributed by atoms with Gasteiger partial charge in [-0.3, -0.25) is 10.1 Å². The maximum absolute atomic E-state index is 10.9. The number of nitro benzene ring substituents is 1. The molecule has 2 aromatic rings. The SMILES string of the molecule is CC(NCCc1ccccc1[N+](=O)[O-])c1nncn1C. The van der Waals surface area contributed by atoms with Crippen LogP contribution in [0.3, 0.4) is 0 Å². The highest BCUT2D eigenvalue weighted by Gasteiger charge is 2.14. The number of benzene rings is 1. The van der Waals surface area contributed by atoms with Gasteiger partial charge in [0.25, 0.3) is 5.69 Å². The van der Waals surface area contributed by atoms with Crippen molar-refractivity contribution in [3.63, 3.8) is 0 Å². The third-order valence-corrected chi connectivity index (χ3v) is 3.17. The zero-order valence-corrected chi connectivity index (χ0v) is 11.5. The van der Waals surface area contributed by atoms with E-state index in [9.17, 15) is 10.1 Å². The second-order valence-electron chi connectivity index (χ2n) is 4.61. The number of nitrogens with one attached hydrogen (secondary N) is 1. The standard InChI is InChI=1S/C13H17N5O2/c1-10(13-16-15-9-17(13)2)14-8-7-11-5-3-4-6-12(11)18(19)20/h3-6,9-10,14H,7-8H2,1-2H3. The first-order valence-electron chi connectivity index (χ1n) is 6.39. The Labute approximate surface area is 116 Å². The van der Waals surface area contributed by atoms with E-state index in [0.29, 0.717) is 13.0 Å². The Morgan fingerprint density at radius 3 is 2.85 bits per heavy atom. The van der Waals surface area contributed by atoms with E-state index in [-0.39, 0.29) is 16.7 Å². The number of para-hydroxylation sites is 1. The number of nitrogens with zero attached hydrogens (tertiary/aromatic N) is 4. The third kappa shape index (κ3) is 3.18. The molecular weight excluding hydrogens is 258 g/mol. The summed E-state index contributed by atoms with van der Waals surface area (Å²) in [6.45, 7) is 2.63. The highest BCUT2D eigenvalue weighted by Crippen LogP contribution is 2.18. The number of hydrogen-bond acceptors (Lipinski definition) is 5. The number of aromatic nitrogens is 3. The van der Waals surface area contributed by atoms with Gasteiger partial charge in [-0.15, -0.1) is 10.2 Å². The second-order valence-corrected chi connectivity index (χ2v) is 4.61. The molecule has 1 N–H and O–H groups in total. The van der Waals surface area contributed by atoms with Gasteiger partial charge in [-0.25, -0.2) is 0 Å². The van der Waals surface area contributed by atoms with Crippen LogP contribution >= 0.6 is 0 Å². The van der Waals surface area contributed by atoms with Crippen molar-refractivity contribution in [3.8, 4) is 0 Å².